The number of likely N-dealkylation sites (tertiary alicyclic amines) is 1. The molecule has 0 aromatic rings. The number of carbonyl (C=O) groups excluding carboxylic acids is 2. The maximum absolute atomic E-state index is 12.7. The largest absolute Gasteiger partial charge is 0.446 e. The highest BCUT2D eigenvalue weighted by Crippen LogP contribution is 2.67. The molecule has 7 heteroatoms. The van der Waals surface area contributed by atoms with Gasteiger partial charge in [0.1, 0.15) is 6.10 Å². The van der Waals surface area contributed by atoms with Gasteiger partial charge in [0.25, 0.3) is 0 Å². The third-order valence-corrected chi connectivity index (χ3v) is 13.9. The van der Waals surface area contributed by atoms with Gasteiger partial charge in [-0.3, -0.25) is 4.79 Å². The molecule has 0 radical (unpaired) electrons. The van der Waals surface area contributed by atoms with Crippen molar-refractivity contribution < 1.29 is 24.2 Å². The Morgan fingerprint density at radius 1 is 1.02 bits per heavy atom. The molecule has 5 aliphatic rings. The molecule has 0 aromatic heterocycles. The number of hydrogen-bond donors (Lipinski definition) is 2. The molecule has 4 fully saturated rings. The van der Waals surface area contributed by atoms with Gasteiger partial charge in [-0.25, -0.2) is 4.79 Å². The number of alkyl carbamates (subject to hydrolysis) is 1. The van der Waals surface area contributed by atoms with Crippen LogP contribution in [0.25, 0.3) is 0 Å². The topological polar surface area (TPSA) is 88.1 Å². The van der Waals surface area contributed by atoms with E-state index in [1.54, 1.807) is 17.6 Å². The number of nitrogens with one attached hydrogen (secondary N) is 1. The number of allylic oxidation sites excluding steroid dienone is 1. The number of β-amino-alcohol motifs (C(OH)–C–C–N with tert-alkyl or cyclic N) is 1. The number of ether oxygens (including phenoxy) is 2. The Morgan fingerprint density at radius 2 is 1.83 bits per heavy atom. The summed E-state index contributed by atoms with van der Waals surface area (Å²) in [6.07, 6.45) is 19.3. The Balaban J connectivity index is 1.03. The lowest BCUT2D eigenvalue weighted by Gasteiger charge is -2.58. The maximum atomic E-state index is 12.7. The van der Waals surface area contributed by atoms with Crippen molar-refractivity contribution in [3.63, 3.8) is 0 Å². The predicted molar refractivity (Wildman–Crippen MR) is 188 cm³/mol. The summed E-state index contributed by atoms with van der Waals surface area (Å²) in [6.45, 7) is 13.9. The second kappa shape index (κ2) is 16.0. The highest BCUT2D eigenvalue weighted by Gasteiger charge is 2.59. The van der Waals surface area contributed by atoms with Crippen LogP contribution in [0.2, 0.25) is 0 Å². The molecule has 7 nitrogen and oxygen atoms in total. The van der Waals surface area contributed by atoms with Crippen LogP contribution in [0.15, 0.2) is 11.6 Å². The van der Waals surface area contributed by atoms with Crippen LogP contribution < -0.4 is 5.32 Å². The van der Waals surface area contributed by atoms with E-state index in [0.29, 0.717) is 38.0 Å². The molecule has 268 valence electrons. The monoisotopic (exact) mass is 657 g/mol. The predicted octanol–water partition coefficient (Wildman–Crippen LogP) is 8.29. The molecule has 47 heavy (non-hydrogen) atoms. The van der Waals surface area contributed by atoms with E-state index in [-0.39, 0.29) is 29.6 Å². The van der Waals surface area contributed by atoms with Crippen molar-refractivity contribution in [3.8, 4) is 0 Å². The van der Waals surface area contributed by atoms with E-state index in [0.717, 1.165) is 74.0 Å². The van der Waals surface area contributed by atoms with Crippen LogP contribution in [0.4, 0.5) is 4.79 Å². The Kier molecular flexibility index (Phi) is 12.4. The summed E-state index contributed by atoms with van der Waals surface area (Å²) < 4.78 is 11.2. The first kappa shape index (κ1) is 36.7. The highest BCUT2D eigenvalue weighted by molar-refractivity contribution is 5.77. The van der Waals surface area contributed by atoms with Crippen LogP contribution in [0.1, 0.15) is 137 Å². The quantitative estimate of drug-likeness (QED) is 0.145. The smallest absolute Gasteiger partial charge is 0.407 e. The van der Waals surface area contributed by atoms with Crippen LogP contribution >= 0.6 is 0 Å². The van der Waals surface area contributed by atoms with Crippen molar-refractivity contribution in [1.29, 1.82) is 0 Å². The van der Waals surface area contributed by atoms with Crippen LogP contribution in [-0.4, -0.2) is 67.1 Å². The average Bonchev–Trinajstić information content (AvgIpc) is 3.58. The number of rotatable bonds is 14. The van der Waals surface area contributed by atoms with Crippen LogP contribution in [0.3, 0.4) is 0 Å². The number of aliphatic hydroxyl groups excluding tert-OH is 1. The van der Waals surface area contributed by atoms with E-state index >= 15 is 0 Å². The Morgan fingerprint density at radius 3 is 2.60 bits per heavy atom. The third-order valence-electron chi connectivity index (χ3n) is 13.9. The first-order valence-corrected chi connectivity index (χ1v) is 19.6. The zero-order chi connectivity index (χ0) is 33.8. The van der Waals surface area contributed by atoms with E-state index in [1.807, 2.05) is 0 Å². The Labute approximate surface area is 286 Å². The van der Waals surface area contributed by atoms with Crippen molar-refractivity contribution in [2.75, 3.05) is 26.8 Å². The molecule has 10 atom stereocenters. The lowest BCUT2D eigenvalue weighted by atomic mass is 9.47. The average molecular weight is 657 g/mol. The minimum atomic E-state index is -0.458. The summed E-state index contributed by atoms with van der Waals surface area (Å²) >= 11 is 0. The van der Waals surface area contributed by atoms with Crippen LogP contribution in [-0.2, 0) is 14.3 Å². The van der Waals surface area contributed by atoms with Gasteiger partial charge in [0, 0.05) is 33.0 Å². The first-order valence-electron chi connectivity index (χ1n) is 19.6. The van der Waals surface area contributed by atoms with E-state index < -0.39 is 6.10 Å². The van der Waals surface area contributed by atoms with Gasteiger partial charge < -0.3 is 24.8 Å². The fourth-order valence-corrected chi connectivity index (χ4v) is 11.4. The first-order chi connectivity index (χ1) is 22.5. The highest BCUT2D eigenvalue weighted by atomic mass is 16.6. The van der Waals surface area contributed by atoms with Gasteiger partial charge in [-0.1, -0.05) is 72.0 Å². The van der Waals surface area contributed by atoms with Gasteiger partial charge in [-0.2, -0.15) is 0 Å². The molecule has 1 aliphatic heterocycles. The number of carbonyl (C=O) groups is 2. The fraction of sp³-hybridized carbons (Fsp3) is 0.900. The molecular formula is C40H68N2O5. The van der Waals surface area contributed by atoms with Gasteiger partial charge in [-0.05, 0) is 111 Å². The second-order valence-electron chi connectivity index (χ2n) is 17.3. The molecule has 2 N–H and O–H groups in total. The molecule has 5 rings (SSSR count). The number of unbranched alkanes of at least 4 members (excludes halogenated alkanes) is 2. The third kappa shape index (κ3) is 8.24. The Bertz CT molecular complexity index is 1090. The van der Waals surface area contributed by atoms with Gasteiger partial charge in [-0.15, -0.1) is 0 Å². The number of nitrogens with zero attached hydrogens (tertiary/aromatic N) is 1. The van der Waals surface area contributed by atoms with Gasteiger partial charge >= 0.3 is 6.09 Å². The van der Waals surface area contributed by atoms with Gasteiger partial charge in [0.05, 0.1) is 18.8 Å². The van der Waals surface area contributed by atoms with Crippen molar-refractivity contribution in [1.82, 2.24) is 10.2 Å². The maximum Gasteiger partial charge on any atom is 0.407 e. The van der Waals surface area contributed by atoms with Crippen molar-refractivity contribution in [2.24, 2.45) is 46.3 Å². The number of fused-ring (bicyclic) bond motifs is 5. The van der Waals surface area contributed by atoms with Gasteiger partial charge in [0.15, 0.2) is 0 Å². The number of hydrogen-bond acceptors (Lipinski definition) is 5. The number of aliphatic hydroxyl groups is 1. The summed E-state index contributed by atoms with van der Waals surface area (Å²) in [6, 6.07) is -0.0287. The number of amides is 2. The number of methoxy groups -OCH3 is 1. The second-order valence-corrected chi connectivity index (χ2v) is 17.3. The summed E-state index contributed by atoms with van der Waals surface area (Å²) in [4.78, 5) is 27.1. The molecule has 2 amide bonds. The molecule has 1 heterocycles. The molecule has 0 aromatic carbocycles. The minimum Gasteiger partial charge on any atom is -0.446 e. The molecule has 0 bridgehead atoms. The van der Waals surface area contributed by atoms with E-state index in [9.17, 15) is 14.7 Å². The molecule has 4 aliphatic carbocycles. The lowest BCUT2D eigenvalue weighted by molar-refractivity contribution is -0.133. The zero-order valence-corrected chi connectivity index (χ0v) is 30.7. The summed E-state index contributed by atoms with van der Waals surface area (Å²) in [5.41, 5.74) is 2.33. The van der Waals surface area contributed by atoms with E-state index in [4.69, 9.17) is 9.47 Å². The van der Waals surface area contributed by atoms with Crippen molar-refractivity contribution in [3.05, 3.63) is 11.6 Å². The summed E-state index contributed by atoms with van der Waals surface area (Å²) in [5, 5.41) is 12.9. The van der Waals surface area contributed by atoms with Crippen LogP contribution in [0, 0.1) is 46.3 Å². The van der Waals surface area contributed by atoms with Gasteiger partial charge in [0.2, 0.25) is 5.91 Å². The van der Waals surface area contributed by atoms with Crippen molar-refractivity contribution in [2.45, 2.75) is 156 Å². The lowest BCUT2D eigenvalue weighted by Crippen LogP contribution is -2.51. The molecular weight excluding hydrogens is 588 g/mol. The zero-order valence-electron chi connectivity index (χ0n) is 30.7. The molecule has 4 unspecified atom stereocenters. The van der Waals surface area contributed by atoms with Crippen molar-refractivity contribution >= 4 is 12.0 Å². The normalized spacial score (nSPS) is 37.1. The van der Waals surface area contributed by atoms with E-state index in [2.05, 4.69) is 46.0 Å². The Hall–Kier alpha value is -1.60. The summed E-state index contributed by atoms with van der Waals surface area (Å²) in [5.74, 6) is 5.10. The molecule has 0 spiro atoms. The standard InChI is InChI=1S/C40H68N2O5/c1-27(2)11-10-12-28(3)34-16-17-35-33-15-14-29-23-32(18-20-39(29,4)36(33)19-21-40(34,35)5)47-38(45)41-22-9-7-8-13-37(44)42-25-31(43)24-30(42)26-46-6/h14,27-28,30-36,43H,7-13,15-26H2,1-6H3,(H,41,45)/t28-,30+,31?,32+,33?,34-,35?,36?,39+,40-/m1/s1. The van der Waals surface area contributed by atoms with E-state index in [1.165, 1.54) is 51.4 Å². The molecule has 3 saturated carbocycles. The summed E-state index contributed by atoms with van der Waals surface area (Å²) in [7, 11) is 1.63. The molecule has 1 saturated heterocycles. The SMILES string of the molecule is COC[C@@H]1CC(O)CN1C(=O)CCCCCNC(=O)O[C@H]1CC[C@@]2(C)C(=CCC3C2CC[C@@]2(C)C3CC[C@@H]2[C@H](C)CCCC(C)C)C1. The van der Waals surface area contributed by atoms with Crippen LogP contribution in [0.5, 0.6) is 0 Å². The fourth-order valence-electron chi connectivity index (χ4n) is 11.4. The minimum absolute atomic E-state index is 0.0287.